The van der Waals surface area contributed by atoms with Crippen LogP contribution in [0.1, 0.15) is 61.1 Å². The maximum atomic E-state index is 4.82. The van der Waals surface area contributed by atoms with Gasteiger partial charge in [-0.05, 0) is 100 Å². The Morgan fingerprint density at radius 3 is 2.21 bits per heavy atom. The Morgan fingerprint density at radius 2 is 1.40 bits per heavy atom. The predicted octanol–water partition coefficient (Wildman–Crippen LogP) is 11.8. The molecule has 2 aliphatic rings. The summed E-state index contributed by atoms with van der Waals surface area (Å²) < 4.78 is 2.47. The molecule has 3 nitrogen and oxygen atoms in total. The number of fused-ring (bicyclic) bond motifs is 6. The number of anilines is 3. The normalized spacial score (nSPS) is 15.8. The third-order valence-corrected chi connectivity index (χ3v) is 10.5. The molecule has 2 aliphatic carbocycles. The quantitative estimate of drug-likeness (QED) is 0.191. The van der Waals surface area contributed by atoms with Gasteiger partial charge in [0.05, 0.1) is 5.52 Å². The third kappa shape index (κ3) is 4.38. The van der Waals surface area contributed by atoms with Crippen LogP contribution in [0.4, 0.5) is 17.2 Å². The molecule has 0 saturated carbocycles. The highest BCUT2D eigenvalue weighted by Crippen LogP contribution is 2.51. The van der Waals surface area contributed by atoms with E-state index in [-0.39, 0.29) is 5.41 Å². The molecule has 5 aromatic carbocycles. The van der Waals surface area contributed by atoms with Gasteiger partial charge in [0, 0.05) is 51.2 Å². The smallest absolute Gasteiger partial charge is 0.137 e. The first-order chi connectivity index (χ1) is 23.5. The fourth-order valence-corrected chi connectivity index (χ4v) is 8.19. The van der Waals surface area contributed by atoms with Crippen molar-refractivity contribution in [3.05, 3.63) is 174 Å². The molecule has 0 spiro atoms. The fourth-order valence-electron chi connectivity index (χ4n) is 8.19. The minimum Gasteiger partial charge on any atom is -0.313 e. The van der Waals surface area contributed by atoms with Gasteiger partial charge in [-0.25, -0.2) is 4.98 Å². The lowest BCUT2D eigenvalue weighted by Gasteiger charge is -2.28. The zero-order valence-corrected chi connectivity index (χ0v) is 27.6. The van der Waals surface area contributed by atoms with Gasteiger partial charge < -0.3 is 4.57 Å². The maximum Gasteiger partial charge on any atom is 0.137 e. The van der Waals surface area contributed by atoms with Gasteiger partial charge in [-0.3, -0.25) is 4.90 Å². The molecule has 0 aliphatic heterocycles. The van der Waals surface area contributed by atoms with Gasteiger partial charge in [0.25, 0.3) is 0 Å². The number of para-hydroxylation sites is 2. The monoisotopic (exact) mass is 619 g/mol. The van der Waals surface area contributed by atoms with Gasteiger partial charge in [0.1, 0.15) is 5.82 Å². The van der Waals surface area contributed by atoms with E-state index in [1.807, 2.05) is 12.3 Å². The molecule has 3 heteroatoms. The van der Waals surface area contributed by atoms with Crippen LogP contribution in [-0.2, 0) is 5.41 Å². The van der Waals surface area contributed by atoms with Crippen molar-refractivity contribution in [2.75, 3.05) is 4.90 Å². The van der Waals surface area contributed by atoms with Gasteiger partial charge in [-0.1, -0.05) is 106 Å². The molecule has 1 atom stereocenters. The summed E-state index contributed by atoms with van der Waals surface area (Å²) in [7, 11) is 0. The molecule has 1 unspecified atom stereocenters. The highest BCUT2D eigenvalue weighted by atomic mass is 15.2. The predicted molar refractivity (Wildman–Crippen MR) is 201 cm³/mol. The summed E-state index contributed by atoms with van der Waals surface area (Å²) in [5.41, 5.74) is 15.4. The van der Waals surface area contributed by atoms with Gasteiger partial charge in [0.15, 0.2) is 0 Å². The van der Waals surface area contributed by atoms with E-state index in [1.165, 1.54) is 61.2 Å². The lowest BCUT2D eigenvalue weighted by atomic mass is 9.82. The SMILES string of the molecule is CC1CC(c2ccc(N(c3ccc4c(c3)C(C)(C)c3ccccc3-4)c3ccccn3)cc2)=Cc2c1n(-c1ccccc1)c1ccccc21. The fraction of sp³-hybridized carbons (Fsp3) is 0.133. The van der Waals surface area contributed by atoms with E-state index in [1.54, 1.807) is 0 Å². The van der Waals surface area contributed by atoms with Crippen LogP contribution in [0.2, 0.25) is 0 Å². The summed E-state index contributed by atoms with van der Waals surface area (Å²) in [5, 5.41) is 1.31. The number of rotatable bonds is 5. The molecule has 0 N–H and O–H groups in total. The number of hydrogen-bond acceptors (Lipinski definition) is 2. The van der Waals surface area contributed by atoms with Crippen LogP contribution >= 0.6 is 0 Å². The Kier molecular flexibility index (Phi) is 6.52. The van der Waals surface area contributed by atoms with Crippen molar-refractivity contribution in [2.24, 2.45) is 0 Å². The largest absolute Gasteiger partial charge is 0.313 e. The van der Waals surface area contributed by atoms with E-state index in [0.29, 0.717) is 5.92 Å². The second-order valence-corrected chi connectivity index (χ2v) is 13.7. The highest BCUT2D eigenvalue weighted by Gasteiger charge is 2.36. The van der Waals surface area contributed by atoms with E-state index < -0.39 is 0 Å². The molecule has 0 fully saturated rings. The molecule has 48 heavy (non-hydrogen) atoms. The number of benzene rings is 5. The third-order valence-electron chi connectivity index (χ3n) is 10.5. The van der Waals surface area contributed by atoms with Crippen molar-refractivity contribution in [3.63, 3.8) is 0 Å². The average Bonchev–Trinajstić information content (AvgIpc) is 3.59. The van der Waals surface area contributed by atoms with Gasteiger partial charge in [-0.2, -0.15) is 0 Å². The van der Waals surface area contributed by atoms with Crippen LogP contribution in [0.3, 0.4) is 0 Å². The zero-order valence-electron chi connectivity index (χ0n) is 27.6. The number of nitrogens with zero attached hydrogens (tertiary/aromatic N) is 3. The number of aromatic nitrogens is 2. The molecule has 0 bridgehead atoms. The van der Waals surface area contributed by atoms with Crippen LogP contribution in [0.5, 0.6) is 0 Å². The molecule has 232 valence electrons. The highest BCUT2D eigenvalue weighted by molar-refractivity contribution is 5.99. The standard InChI is InChI=1S/C45H37N3/c1-30-27-32(28-39-38-16-8-10-18-42(38)48(44(30)39)33-13-5-4-6-14-33)31-20-22-34(23-21-31)47(43-19-11-12-26-46-43)35-24-25-37-36-15-7-9-17-40(36)45(2,3)41(37)29-35/h4-26,28-30H,27H2,1-3H3. The molecule has 2 aromatic heterocycles. The molecule has 7 aromatic rings. The Hall–Kier alpha value is -5.67. The van der Waals surface area contributed by atoms with Gasteiger partial charge in [0.2, 0.25) is 0 Å². The topological polar surface area (TPSA) is 21.1 Å². The second kappa shape index (κ2) is 11.0. The molecule has 9 rings (SSSR count). The van der Waals surface area contributed by atoms with E-state index >= 15 is 0 Å². The summed E-state index contributed by atoms with van der Waals surface area (Å²) in [6, 6.07) is 50.5. The van der Waals surface area contributed by atoms with Crippen molar-refractivity contribution < 1.29 is 0 Å². The van der Waals surface area contributed by atoms with E-state index in [9.17, 15) is 0 Å². The van der Waals surface area contributed by atoms with Crippen molar-refractivity contribution in [3.8, 4) is 16.8 Å². The molecule has 0 radical (unpaired) electrons. The molecule has 0 saturated heterocycles. The number of pyridine rings is 1. The maximum absolute atomic E-state index is 4.82. The van der Waals surface area contributed by atoms with Crippen molar-refractivity contribution >= 4 is 39.7 Å². The van der Waals surface area contributed by atoms with Gasteiger partial charge >= 0.3 is 0 Å². The molecular weight excluding hydrogens is 583 g/mol. The van der Waals surface area contributed by atoms with E-state index in [2.05, 4.69) is 170 Å². The minimum absolute atomic E-state index is 0.0752. The first-order valence-corrected chi connectivity index (χ1v) is 16.9. The Morgan fingerprint density at radius 1 is 0.688 bits per heavy atom. The summed E-state index contributed by atoms with van der Waals surface area (Å²) in [5.74, 6) is 1.28. The number of allylic oxidation sites excluding steroid dienone is 1. The lowest BCUT2D eigenvalue weighted by Crippen LogP contribution is -2.17. The first-order valence-electron chi connectivity index (χ1n) is 16.9. The van der Waals surface area contributed by atoms with E-state index in [0.717, 1.165) is 23.6 Å². The molecular formula is C45H37N3. The zero-order chi connectivity index (χ0) is 32.4. The summed E-state index contributed by atoms with van der Waals surface area (Å²) in [6.07, 6.45) is 5.30. The Labute approximate surface area is 282 Å². The van der Waals surface area contributed by atoms with Crippen molar-refractivity contribution in [2.45, 2.75) is 38.5 Å². The van der Waals surface area contributed by atoms with Gasteiger partial charge in [-0.15, -0.1) is 0 Å². The van der Waals surface area contributed by atoms with Crippen LogP contribution in [0.25, 0.3) is 39.4 Å². The summed E-state index contributed by atoms with van der Waals surface area (Å²) >= 11 is 0. The number of hydrogen-bond donors (Lipinski definition) is 0. The minimum atomic E-state index is -0.0752. The first kappa shape index (κ1) is 28.5. The van der Waals surface area contributed by atoms with Crippen LogP contribution in [-0.4, -0.2) is 9.55 Å². The van der Waals surface area contributed by atoms with Crippen molar-refractivity contribution in [1.82, 2.24) is 9.55 Å². The Balaban J connectivity index is 1.12. The molecule has 2 heterocycles. The van der Waals surface area contributed by atoms with Crippen LogP contribution < -0.4 is 4.90 Å². The van der Waals surface area contributed by atoms with E-state index in [4.69, 9.17) is 4.98 Å². The Bertz CT molecular complexity index is 2340. The average molecular weight is 620 g/mol. The second-order valence-electron chi connectivity index (χ2n) is 13.7. The molecule has 0 amide bonds. The summed E-state index contributed by atoms with van der Waals surface area (Å²) in [4.78, 5) is 7.10. The summed E-state index contributed by atoms with van der Waals surface area (Å²) in [6.45, 7) is 7.04. The van der Waals surface area contributed by atoms with Crippen LogP contribution in [0, 0.1) is 0 Å². The lowest BCUT2D eigenvalue weighted by molar-refractivity contribution is 0.660. The van der Waals surface area contributed by atoms with Crippen molar-refractivity contribution in [1.29, 1.82) is 0 Å². The van der Waals surface area contributed by atoms with Crippen LogP contribution in [0.15, 0.2) is 146 Å².